The molecule has 1 aromatic heterocycles. The van der Waals surface area contributed by atoms with Crippen molar-refractivity contribution in [3.05, 3.63) is 41.6 Å². The van der Waals surface area contributed by atoms with E-state index >= 15 is 0 Å². The van der Waals surface area contributed by atoms with Crippen molar-refractivity contribution in [2.24, 2.45) is 0 Å². The van der Waals surface area contributed by atoms with Crippen LogP contribution in [0, 0.1) is 18.6 Å². The van der Waals surface area contributed by atoms with Gasteiger partial charge in [0.05, 0.1) is 6.61 Å². The monoisotopic (exact) mass is 353 g/mol. The van der Waals surface area contributed by atoms with Crippen LogP contribution >= 0.6 is 0 Å². The fraction of sp³-hybridized carbons (Fsp3) is 0.312. The molecule has 9 heteroatoms. The van der Waals surface area contributed by atoms with E-state index in [2.05, 4.69) is 10.4 Å². The zero-order valence-electron chi connectivity index (χ0n) is 13.7. The minimum Gasteiger partial charge on any atom is -0.481 e. The second kappa shape index (κ2) is 8.22. The predicted molar refractivity (Wildman–Crippen MR) is 84.1 cm³/mol. The van der Waals surface area contributed by atoms with E-state index in [1.807, 2.05) is 0 Å². The molecular weight excluding hydrogens is 336 g/mol. The van der Waals surface area contributed by atoms with Gasteiger partial charge in [0.1, 0.15) is 12.4 Å². The predicted octanol–water partition coefficient (Wildman–Crippen LogP) is 2.05. The van der Waals surface area contributed by atoms with Crippen LogP contribution in [0.1, 0.15) is 12.6 Å². The fourth-order valence-corrected chi connectivity index (χ4v) is 1.97. The molecule has 25 heavy (non-hydrogen) atoms. The highest BCUT2D eigenvalue weighted by atomic mass is 19.1. The molecule has 2 aromatic rings. The zero-order chi connectivity index (χ0) is 18.4. The van der Waals surface area contributed by atoms with Crippen LogP contribution in [0.5, 0.6) is 5.75 Å². The van der Waals surface area contributed by atoms with Gasteiger partial charge in [-0.3, -0.25) is 14.3 Å². The van der Waals surface area contributed by atoms with Crippen molar-refractivity contribution in [3.63, 3.8) is 0 Å². The summed E-state index contributed by atoms with van der Waals surface area (Å²) in [4.78, 5) is 23.3. The molecule has 0 bridgehead atoms. The van der Waals surface area contributed by atoms with Crippen LogP contribution in [0.2, 0.25) is 0 Å². The quantitative estimate of drug-likeness (QED) is 0.771. The van der Waals surface area contributed by atoms with Crippen molar-refractivity contribution in [1.82, 2.24) is 9.78 Å². The molecule has 0 fully saturated rings. The van der Waals surface area contributed by atoms with Crippen molar-refractivity contribution in [3.8, 4) is 5.75 Å². The first-order valence-electron chi connectivity index (χ1n) is 7.46. The number of hydrogen-bond acceptors (Lipinski definition) is 5. The second-order valence-electron chi connectivity index (χ2n) is 5.05. The number of ether oxygens (including phenoxy) is 2. The lowest BCUT2D eigenvalue weighted by Crippen LogP contribution is -2.21. The van der Waals surface area contributed by atoms with Crippen molar-refractivity contribution >= 4 is 17.7 Å². The number of nitrogens with one attached hydrogen (secondary N) is 1. The second-order valence-corrected chi connectivity index (χ2v) is 5.05. The number of hydrogen-bond donors (Lipinski definition) is 1. The lowest BCUT2D eigenvalue weighted by Gasteiger charge is -2.07. The van der Waals surface area contributed by atoms with Crippen LogP contribution in [-0.4, -0.2) is 34.9 Å². The molecule has 0 spiro atoms. The van der Waals surface area contributed by atoms with E-state index in [4.69, 9.17) is 9.47 Å². The van der Waals surface area contributed by atoms with Gasteiger partial charge < -0.3 is 14.8 Å². The Hall–Kier alpha value is -2.97. The third-order valence-corrected chi connectivity index (χ3v) is 3.09. The third kappa shape index (κ3) is 5.27. The molecule has 1 amide bonds. The molecule has 0 saturated heterocycles. The highest BCUT2D eigenvalue weighted by molar-refractivity contribution is 5.91. The molecule has 2 rings (SSSR count). The number of halogens is 2. The summed E-state index contributed by atoms with van der Waals surface area (Å²) in [6.07, 6.45) is 0. The Labute approximate surface area is 142 Å². The molecule has 0 atom stereocenters. The molecule has 1 aromatic carbocycles. The molecule has 0 aliphatic heterocycles. The van der Waals surface area contributed by atoms with Crippen LogP contribution in [0.25, 0.3) is 0 Å². The molecule has 0 radical (unpaired) electrons. The first kappa shape index (κ1) is 18.4. The standard InChI is InChI=1S/C16H17F2N3O4/c1-3-24-16(23)8-21-10(2)6-14(20-21)19-15(22)9-25-13-5-4-11(17)7-12(13)18/h4-7H,3,8-9H2,1-2H3,(H,19,20,22). The number of aryl methyl sites for hydroxylation is 1. The average Bonchev–Trinajstić information content (AvgIpc) is 2.86. The Morgan fingerprint density at radius 1 is 1.28 bits per heavy atom. The van der Waals surface area contributed by atoms with E-state index < -0.39 is 30.1 Å². The number of nitrogens with zero attached hydrogens (tertiary/aromatic N) is 2. The summed E-state index contributed by atoms with van der Waals surface area (Å²) in [5, 5.41) is 6.53. The van der Waals surface area contributed by atoms with Crippen LogP contribution in [-0.2, 0) is 20.9 Å². The van der Waals surface area contributed by atoms with Crippen molar-refractivity contribution < 1.29 is 27.8 Å². The minimum atomic E-state index is -0.901. The number of amides is 1. The highest BCUT2D eigenvalue weighted by Crippen LogP contribution is 2.17. The number of rotatable bonds is 7. The van der Waals surface area contributed by atoms with Gasteiger partial charge in [-0.15, -0.1) is 0 Å². The van der Waals surface area contributed by atoms with E-state index in [1.54, 1.807) is 19.9 Å². The number of carbonyl (C=O) groups excluding carboxylic acids is 2. The molecule has 7 nitrogen and oxygen atoms in total. The van der Waals surface area contributed by atoms with Gasteiger partial charge in [-0.1, -0.05) is 0 Å². The van der Waals surface area contributed by atoms with Gasteiger partial charge in [0, 0.05) is 17.8 Å². The fourth-order valence-electron chi connectivity index (χ4n) is 1.97. The van der Waals surface area contributed by atoms with Crippen molar-refractivity contribution in [1.29, 1.82) is 0 Å². The molecule has 134 valence electrons. The Morgan fingerprint density at radius 2 is 2.04 bits per heavy atom. The number of carbonyl (C=O) groups is 2. The lowest BCUT2D eigenvalue weighted by molar-refractivity contribution is -0.144. The summed E-state index contributed by atoms with van der Waals surface area (Å²) in [5.41, 5.74) is 0.647. The van der Waals surface area contributed by atoms with E-state index in [1.165, 1.54) is 4.68 Å². The van der Waals surface area contributed by atoms with E-state index in [-0.39, 0.29) is 24.7 Å². The van der Waals surface area contributed by atoms with E-state index in [9.17, 15) is 18.4 Å². The van der Waals surface area contributed by atoms with Crippen LogP contribution in [0.15, 0.2) is 24.3 Å². The molecule has 0 saturated carbocycles. The summed E-state index contributed by atoms with van der Waals surface area (Å²) in [5.74, 6) is -2.68. The maximum Gasteiger partial charge on any atom is 0.327 e. The number of aromatic nitrogens is 2. The molecule has 0 aliphatic carbocycles. The molecule has 0 aliphatic rings. The number of anilines is 1. The van der Waals surface area contributed by atoms with Crippen molar-refractivity contribution in [2.45, 2.75) is 20.4 Å². The zero-order valence-corrected chi connectivity index (χ0v) is 13.7. The topological polar surface area (TPSA) is 82.5 Å². The van der Waals surface area contributed by atoms with Gasteiger partial charge in [0.25, 0.3) is 5.91 Å². The number of benzene rings is 1. The van der Waals surface area contributed by atoms with Crippen molar-refractivity contribution in [2.75, 3.05) is 18.5 Å². The van der Waals surface area contributed by atoms with Gasteiger partial charge in [-0.05, 0) is 26.0 Å². The lowest BCUT2D eigenvalue weighted by atomic mass is 10.3. The first-order chi connectivity index (χ1) is 11.9. The summed E-state index contributed by atoms with van der Waals surface area (Å²) in [6.45, 7) is 3.12. The largest absolute Gasteiger partial charge is 0.481 e. The van der Waals surface area contributed by atoms with E-state index in [0.717, 1.165) is 12.1 Å². The Bertz CT molecular complexity index is 777. The van der Waals surface area contributed by atoms with E-state index in [0.29, 0.717) is 11.8 Å². The van der Waals surface area contributed by atoms with Crippen LogP contribution < -0.4 is 10.1 Å². The first-order valence-corrected chi connectivity index (χ1v) is 7.46. The van der Waals surface area contributed by atoms with Gasteiger partial charge in [0.15, 0.2) is 24.0 Å². The van der Waals surface area contributed by atoms with Gasteiger partial charge >= 0.3 is 5.97 Å². The molecular formula is C16H17F2N3O4. The Balaban J connectivity index is 1.91. The molecule has 1 heterocycles. The summed E-state index contributed by atoms with van der Waals surface area (Å²) in [6, 6.07) is 4.34. The summed E-state index contributed by atoms with van der Waals surface area (Å²) >= 11 is 0. The normalized spacial score (nSPS) is 10.4. The van der Waals surface area contributed by atoms with Crippen LogP contribution in [0.3, 0.4) is 0 Å². The summed E-state index contributed by atoms with van der Waals surface area (Å²) < 4.78 is 37.4. The maximum atomic E-state index is 13.4. The average molecular weight is 353 g/mol. The third-order valence-electron chi connectivity index (χ3n) is 3.09. The van der Waals surface area contributed by atoms with Gasteiger partial charge in [0.2, 0.25) is 0 Å². The molecule has 1 N–H and O–H groups in total. The minimum absolute atomic E-state index is 0.0766. The number of esters is 1. The smallest absolute Gasteiger partial charge is 0.327 e. The summed E-state index contributed by atoms with van der Waals surface area (Å²) in [7, 11) is 0. The van der Waals surface area contributed by atoms with Crippen LogP contribution in [0.4, 0.5) is 14.6 Å². The maximum absolute atomic E-state index is 13.4. The van der Waals surface area contributed by atoms with Gasteiger partial charge in [-0.25, -0.2) is 8.78 Å². The molecule has 0 unspecified atom stereocenters. The Morgan fingerprint density at radius 3 is 2.72 bits per heavy atom. The highest BCUT2D eigenvalue weighted by Gasteiger charge is 2.12. The van der Waals surface area contributed by atoms with Gasteiger partial charge in [-0.2, -0.15) is 5.10 Å². The Kier molecular flexibility index (Phi) is 6.04. The SMILES string of the molecule is CCOC(=O)Cn1nc(NC(=O)COc2ccc(F)cc2F)cc1C.